The average molecular weight is 397 g/mol. The molecule has 0 radical (unpaired) electrons. The number of nitrogens with one attached hydrogen (secondary N) is 1. The third kappa shape index (κ3) is 3.27. The second-order valence-electron chi connectivity index (χ2n) is 6.60. The molecule has 0 saturated heterocycles. The van der Waals surface area contributed by atoms with Crippen LogP contribution in [0.25, 0.3) is 0 Å². The second-order valence-corrected chi connectivity index (χ2v) is 7.55. The molecule has 2 aromatic heterocycles. The number of carbonyl (C=O) groups is 2. The van der Waals surface area contributed by atoms with Crippen LogP contribution in [-0.2, 0) is 11.3 Å². The van der Waals surface area contributed by atoms with Crippen molar-refractivity contribution in [2.45, 2.75) is 33.4 Å². The molecule has 0 aliphatic carbocycles. The standard InChI is InChI=1S/C20H19N3O4S/c1-11-15(12(2)27-22-11)10-23-16-9-14(21-19(24)18-5-4-8-28-18)6-7-17(16)26-13(3)20(23)25/h4-9,13H,10H2,1-3H3,(H,21,24). The summed E-state index contributed by atoms with van der Waals surface area (Å²) in [5.41, 5.74) is 2.80. The first-order valence-electron chi connectivity index (χ1n) is 8.82. The van der Waals surface area contributed by atoms with E-state index in [0.29, 0.717) is 34.3 Å². The maximum absolute atomic E-state index is 12.8. The number of ether oxygens (including phenoxy) is 1. The van der Waals surface area contributed by atoms with Crippen molar-refractivity contribution in [2.24, 2.45) is 0 Å². The molecule has 0 saturated carbocycles. The molecule has 1 aliphatic rings. The van der Waals surface area contributed by atoms with Crippen LogP contribution in [0.15, 0.2) is 40.2 Å². The van der Waals surface area contributed by atoms with E-state index in [1.165, 1.54) is 11.3 Å². The highest BCUT2D eigenvalue weighted by molar-refractivity contribution is 7.12. The maximum atomic E-state index is 12.8. The molecule has 28 heavy (non-hydrogen) atoms. The van der Waals surface area contributed by atoms with E-state index >= 15 is 0 Å². The van der Waals surface area contributed by atoms with Crippen LogP contribution in [0.4, 0.5) is 11.4 Å². The Bertz CT molecular complexity index is 1020. The molecular weight excluding hydrogens is 378 g/mol. The maximum Gasteiger partial charge on any atom is 0.268 e. The number of aryl methyl sites for hydroxylation is 2. The first-order valence-corrected chi connectivity index (χ1v) is 9.70. The summed E-state index contributed by atoms with van der Waals surface area (Å²) in [7, 11) is 0. The highest BCUT2D eigenvalue weighted by Crippen LogP contribution is 2.38. The number of benzene rings is 1. The van der Waals surface area contributed by atoms with E-state index in [9.17, 15) is 9.59 Å². The Labute approximate surface area is 165 Å². The minimum atomic E-state index is -0.598. The predicted octanol–water partition coefficient (Wildman–Crippen LogP) is 3.92. The van der Waals surface area contributed by atoms with Gasteiger partial charge in [-0.3, -0.25) is 9.59 Å². The molecule has 1 atom stereocenters. The smallest absolute Gasteiger partial charge is 0.268 e. The summed E-state index contributed by atoms with van der Waals surface area (Å²) >= 11 is 1.37. The van der Waals surface area contributed by atoms with Crippen LogP contribution in [-0.4, -0.2) is 23.1 Å². The average Bonchev–Trinajstić information content (AvgIpc) is 3.31. The van der Waals surface area contributed by atoms with Crippen LogP contribution in [0.1, 0.15) is 33.6 Å². The lowest BCUT2D eigenvalue weighted by atomic mass is 10.1. The zero-order chi connectivity index (χ0) is 19.8. The van der Waals surface area contributed by atoms with Gasteiger partial charge in [-0.25, -0.2) is 0 Å². The highest BCUT2D eigenvalue weighted by Gasteiger charge is 2.33. The number of carbonyl (C=O) groups excluding carboxylic acids is 2. The lowest BCUT2D eigenvalue weighted by Crippen LogP contribution is -2.44. The Morgan fingerprint density at radius 1 is 1.32 bits per heavy atom. The van der Waals surface area contributed by atoms with Crippen molar-refractivity contribution in [1.29, 1.82) is 0 Å². The van der Waals surface area contributed by atoms with Crippen LogP contribution in [0.2, 0.25) is 0 Å². The summed E-state index contributed by atoms with van der Waals surface area (Å²) in [6.07, 6.45) is -0.598. The largest absolute Gasteiger partial charge is 0.479 e. The van der Waals surface area contributed by atoms with Crippen molar-refractivity contribution in [2.75, 3.05) is 10.2 Å². The number of anilines is 2. The SMILES string of the molecule is Cc1noc(C)c1CN1C(=O)C(C)Oc2ccc(NC(=O)c3cccs3)cc21. The summed E-state index contributed by atoms with van der Waals surface area (Å²) < 4.78 is 11.0. The normalized spacial score (nSPS) is 15.9. The molecule has 3 aromatic rings. The molecule has 8 heteroatoms. The molecule has 0 spiro atoms. The van der Waals surface area contributed by atoms with Crippen molar-refractivity contribution in [1.82, 2.24) is 5.16 Å². The van der Waals surface area contributed by atoms with E-state index < -0.39 is 6.10 Å². The molecule has 0 bridgehead atoms. The summed E-state index contributed by atoms with van der Waals surface area (Å²) in [5, 5.41) is 8.69. The van der Waals surface area contributed by atoms with Crippen molar-refractivity contribution >= 4 is 34.5 Å². The Morgan fingerprint density at radius 3 is 2.82 bits per heavy atom. The van der Waals surface area contributed by atoms with Gasteiger partial charge in [-0.1, -0.05) is 11.2 Å². The molecule has 2 amide bonds. The number of hydrogen-bond donors (Lipinski definition) is 1. The van der Waals surface area contributed by atoms with Gasteiger partial charge in [0.15, 0.2) is 6.10 Å². The third-order valence-electron chi connectivity index (χ3n) is 4.67. The Balaban J connectivity index is 1.67. The molecule has 144 valence electrons. The summed E-state index contributed by atoms with van der Waals surface area (Å²) in [5.74, 6) is 0.916. The lowest BCUT2D eigenvalue weighted by molar-refractivity contribution is -0.125. The van der Waals surface area contributed by atoms with Gasteiger partial charge in [0, 0.05) is 11.3 Å². The topological polar surface area (TPSA) is 84.7 Å². The van der Waals surface area contributed by atoms with Crippen LogP contribution in [0, 0.1) is 13.8 Å². The number of thiophene rings is 1. The number of rotatable bonds is 4. The zero-order valence-corrected chi connectivity index (χ0v) is 16.5. The van der Waals surface area contributed by atoms with Crippen LogP contribution < -0.4 is 15.0 Å². The van der Waals surface area contributed by atoms with Gasteiger partial charge in [0.25, 0.3) is 11.8 Å². The molecular formula is C20H19N3O4S. The first kappa shape index (κ1) is 18.2. The molecule has 1 aliphatic heterocycles. The van der Waals surface area contributed by atoms with Crippen molar-refractivity contribution in [3.8, 4) is 5.75 Å². The van der Waals surface area contributed by atoms with Gasteiger partial charge in [-0.2, -0.15) is 0 Å². The quantitative estimate of drug-likeness (QED) is 0.721. The van der Waals surface area contributed by atoms with Gasteiger partial charge < -0.3 is 19.5 Å². The summed E-state index contributed by atoms with van der Waals surface area (Å²) in [6, 6.07) is 8.87. The molecule has 0 fully saturated rings. The van der Waals surface area contributed by atoms with E-state index in [2.05, 4.69) is 10.5 Å². The fraction of sp³-hybridized carbons (Fsp3) is 0.250. The van der Waals surface area contributed by atoms with E-state index in [0.717, 1.165) is 11.3 Å². The van der Waals surface area contributed by atoms with Gasteiger partial charge in [0.2, 0.25) is 0 Å². The van der Waals surface area contributed by atoms with E-state index in [1.54, 1.807) is 36.1 Å². The Kier molecular flexibility index (Phi) is 4.64. The van der Waals surface area contributed by atoms with Gasteiger partial charge in [0.05, 0.1) is 22.8 Å². The van der Waals surface area contributed by atoms with Crippen molar-refractivity contribution < 1.29 is 18.8 Å². The van der Waals surface area contributed by atoms with Gasteiger partial charge in [-0.05, 0) is 50.4 Å². The first-order chi connectivity index (χ1) is 13.4. The number of amides is 2. The molecule has 1 unspecified atom stereocenters. The minimum absolute atomic E-state index is 0.158. The van der Waals surface area contributed by atoms with Crippen molar-refractivity contribution in [3.63, 3.8) is 0 Å². The Hall–Kier alpha value is -3.13. The second kappa shape index (κ2) is 7.12. The molecule has 1 N–H and O–H groups in total. The van der Waals surface area contributed by atoms with E-state index in [-0.39, 0.29) is 11.8 Å². The molecule has 4 rings (SSSR count). The van der Waals surface area contributed by atoms with Crippen molar-refractivity contribution in [3.05, 3.63) is 57.6 Å². The summed E-state index contributed by atoms with van der Waals surface area (Å²) in [4.78, 5) is 27.4. The van der Waals surface area contributed by atoms with E-state index in [1.807, 2.05) is 25.3 Å². The van der Waals surface area contributed by atoms with Gasteiger partial charge in [0.1, 0.15) is 11.5 Å². The number of aromatic nitrogens is 1. The van der Waals surface area contributed by atoms with Gasteiger partial charge in [-0.15, -0.1) is 11.3 Å². The molecule has 7 nitrogen and oxygen atoms in total. The number of nitrogens with zero attached hydrogens (tertiary/aromatic N) is 2. The highest BCUT2D eigenvalue weighted by atomic mass is 32.1. The lowest BCUT2D eigenvalue weighted by Gasteiger charge is -2.33. The third-order valence-corrected chi connectivity index (χ3v) is 5.54. The fourth-order valence-electron chi connectivity index (χ4n) is 3.13. The zero-order valence-electron chi connectivity index (χ0n) is 15.7. The Morgan fingerprint density at radius 2 is 2.14 bits per heavy atom. The molecule has 1 aromatic carbocycles. The van der Waals surface area contributed by atoms with E-state index in [4.69, 9.17) is 9.26 Å². The number of hydrogen-bond acceptors (Lipinski definition) is 6. The fourth-order valence-corrected chi connectivity index (χ4v) is 3.75. The van der Waals surface area contributed by atoms with Gasteiger partial charge >= 0.3 is 0 Å². The summed E-state index contributed by atoms with van der Waals surface area (Å²) in [6.45, 7) is 5.71. The molecule has 3 heterocycles. The minimum Gasteiger partial charge on any atom is -0.479 e. The predicted molar refractivity (Wildman–Crippen MR) is 106 cm³/mol. The van der Waals surface area contributed by atoms with Crippen LogP contribution in [0.5, 0.6) is 5.75 Å². The number of fused-ring (bicyclic) bond motifs is 1. The monoisotopic (exact) mass is 397 g/mol. The van der Waals surface area contributed by atoms with Crippen LogP contribution >= 0.6 is 11.3 Å². The van der Waals surface area contributed by atoms with Crippen LogP contribution in [0.3, 0.4) is 0 Å².